The summed E-state index contributed by atoms with van der Waals surface area (Å²) >= 11 is 6.32. The Kier molecular flexibility index (Phi) is 9.38. The van der Waals surface area contributed by atoms with Crippen LogP contribution < -0.4 is 5.46 Å². The van der Waals surface area contributed by atoms with Crippen molar-refractivity contribution in [2.75, 3.05) is 0 Å². The fourth-order valence-electron chi connectivity index (χ4n) is 1.80. The molecule has 2 aromatic carbocycles. The van der Waals surface area contributed by atoms with Gasteiger partial charge in [-0.05, 0) is 57.8 Å². The van der Waals surface area contributed by atoms with Gasteiger partial charge in [0, 0.05) is 28.7 Å². The fraction of sp³-hybridized carbons (Fsp3) is 0. The van der Waals surface area contributed by atoms with Crippen molar-refractivity contribution in [3.8, 4) is 10.6 Å². The predicted octanol–water partition coefficient (Wildman–Crippen LogP) is 4.36. The molecule has 0 amide bonds. The van der Waals surface area contributed by atoms with Gasteiger partial charge in [0.1, 0.15) is 16.6 Å². The average Bonchev–Trinajstić information content (AvgIpc) is 3.38. The third-order valence-electron chi connectivity index (χ3n) is 3.09. The Morgan fingerprint density at radius 3 is 1.71 bits per heavy atom. The van der Waals surface area contributed by atoms with Gasteiger partial charge in [-0.3, -0.25) is 0 Å². The number of rotatable bonds is 2. The van der Waals surface area contributed by atoms with Crippen molar-refractivity contribution in [1.29, 1.82) is 0 Å². The zero-order valence-electron chi connectivity index (χ0n) is 14.2. The van der Waals surface area contributed by atoms with E-state index in [1.165, 1.54) is 36.4 Å². The predicted molar refractivity (Wildman–Crippen MR) is 114 cm³/mol. The molecule has 28 heavy (non-hydrogen) atoms. The van der Waals surface area contributed by atoms with Crippen molar-refractivity contribution in [3.63, 3.8) is 0 Å². The first-order valence-electron chi connectivity index (χ1n) is 7.77. The zero-order chi connectivity index (χ0) is 20.4. The van der Waals surface area contributed by atoms with Crippen molar-refractivity contribution >= 4 is 51.2 Å². The van der Waals surface area contributed by atoms with E-state index >= 15 is 0 Å². The third-order valence-corrected chi connectivity index (χ3v) is 5.24. The van der Waals surface area contributed by atoms with E-state index < -0.39 is 7.12 Å². The molecule has 4 rings (SSSR count). The average molecular weight is 483 g/mol. The molecular formula is C18H14BBrF2N2O2S2. The minimum absolute atomic E-state index is 0.213. The van der Waals surface area contributed by atoms with E-state index in [9.17, 15) is 8.78 Å². The molecule has 2 aromatic heterocycles. The van der Waals surface area contributed by atoms with Crippen LogP contribution in [0.15, 0.2) is 75.6 Å². The highest BCUT2D eigenvalue weighted by Crippen LogP contribution is 2.21. The van der Waals surface area contributed by atoms with Crippen LogP contribution in [-0.2, 0) is 0 Å². The monoisotopic (exact) mass is 482 g/mol. The highest BCUT2D eigenvalue weighted by atomic mass is 79.9. The van der Waals surface area contributed by atoms with E-state index in [0.717, 1.165) is 14.5 Å². The Hall–Kier alpha value is -1.98. The maximum Gasteiger partial charge on any atom is 0.488 e. The van der Waals surface area contributed by atoms with Crippen LogP contribution in [-0.4, -0.2) is 27.1 Å². The number of aromatic nitrogens is 2. The Bertz CT molecular complexity index is 923. The summed E-state index contributed by atoms with van der Waals surface area (Å²) in [6.45, 7) is 0. The van der Waals surface area contributed by atoms with Gasteiger partial charge in [-0.25, -0.2) is 18.7 Å². The molecule has 0 spiro atoms. The van der Waals surface area contributed by atoms with Gasteiger partial charge >= 0.3 is 7.12 Å². The van der Waals surface area contributed by atoms with Crippen LogP contribution in [0.1, 0.15) is 0 Å². The van der Waals surface area contributed by atoms with Crippen LogP contribution in [0, 0.1) is 11.6 Å². The zero-order valence-corrected chi connectivity index (χ0v) is 17.5. The van der Waals surface area contributed by atoms with Gasteiger partial charge in [-0.15, -0.1) is 22.7 Å². The van der Waals surface area contributed by atoms with E-state index in [-0.39, 0.29) is 11.6 Å². The molecule has 2 heterocycles. The molecular weight excluding hydrogens is 469 g/mol. The van der Waals surface area contributed by atoms with Gasteiger partial charge in [-0.1, -0.05) is 12.1 Å². The molecule has 0 unspecified atom stereocenters. The quantitative estimate of drug-likeness (QED) is 0.416. The maximum atomic E-state index is 12.5. The van der Waals surface area contributed by atoms with Gasteiger partial charge in [0.15, 0.2) is 3.92 Å². The van der Waals surface area contributed by atoms with Crippen molar-refractivity contribution in [2.24, 2.45) is 0 Å². The maximum absolute atomic E-state index is 12.5. The van der Waals surface area contributed by atoms with Crippen LogP contribution in [0.4, 0.5) is 8.78 Å². The lowest BCUT2D eigenvalue weighted by Gasteiger charge is -1.95. The van der Waals surface area contributed by atoms with E-state index in [1.54, 1.807) is 47.2 Å². The smallest absolute Gasteiger partial charge is 0.423 e. The summed E-state index contributed by atoms with van der Waals surface area (Å²) in [5, 5.41) is 21.8. The summed E-state index contributed by atoms with van der Waals surface area (Å²) in [4.78, 5) is 7.96. The SMILES string of the molecule is Brc1nccs1.Fc1ccc(-c2nccs2)cc1.OB(O)c1ccc(F)cc1. The molecule has 0 atom stereocenters. The Labute approximate surface area is 177 Å². The van der Waals surface area contributed by atoms with Crippen molar-refractivity contribution < 1.29 is 18.8 Å². The third kappa shape index (κ3) is 7.95. The summed E-state index contributed by atoms with van der Waals surface area (Å²) in [6.07, 6.45) is 3.50. The molecule has 10 heteroatoms. The van der Waals surface area contributed by atoms with Crippen LogP contribution in [0.2, 0.25) is 0 Å². The second-order valence-electron chi connectivity index (χ2n) is 5.05. The number of benzene rings is 2. The Balaban J connectivity index is 0.000000159. The van der Waals surface area contributed by atoms with Crippen LogP contribution in [0.5, 0.6) is 0 Å². The normalized spacial score (nSPS) is 9.61. The summed E-state index contributed by atoms with van der Waals surface area (Å²) in [5.41, 5.74) is 1.26. The summed E-state index contributed by atoms with van der Waals surface area (Å²) in [5.74, 6) is -0.597. The van der Waals surface area contributed by atoms with Gasteiger partial charge in [0.05, 0.1) is 0 Å². The lowest BCUT2D eigenvalue weighted by atomic mass is 9.80. The molecule has 0 saturated carbocycles. The lowest BCUT2D eigenvalue weighted by molar-refractivity contribution is 0.425. The molecule has 0 aliphatic rings. The minimum atomic E-state index is -1.51. The van der Waals surface area contributed by atoms with Crippen LogP contribution in [0.3, 0.4) is 0 Å². The first-order valence-corrected chi connectivity index (χ1v) is 10.3. The largest absolute Gasteiger partial charge is 0.488 e. The molecule has 4 nitrogen and oxygen atoms in total. The van der Waals surface area contributed by atoms with Gasteiger partial charge in [0.25, 0.3) is 0 Å². The van der Waals surface area contributed by atoms with E-state index in [4.69, 9.17) is 10.0 Å². The molecule has 0 bridgehead atoms. The highest BCUT2D eigenvalue weighted by molar-refractivity contribution is 9.11. The minimum Gasteiger partial charge on any atom is -0.423 e. The first-order chi connectivity index (χ1) is 13.5. The standard InChI is InChI=1S/C9H6FNS.C6H6BFO2.C3H2BrNS/c10-8-3-1-7(2-4-8)9-11-5-6-12-9;8-6-3-1-5(2-4-6)7(9)10;4-3-5-1-2-6-3/h1-6H;1-4,9-10H;1-2H. The second-order valence-corrected chi connectivity index (χ2v) is 8.12. The Morgan fingerprint density at radius 1 is 0.786 bits per heavy atom. The topological polar surface area (TPSA) is 66.2 Å². The summed E-state index contributed by atoms with van der Waals surface area (Å²) < 4.78 is 25.6. The van der Waals surface area contributed by atoms with Crippen molar-refractivity contribution in [2.45, 2.75) is 0 Å². The van der Waals surface area contributed by atoms with E-state index in [2.05, 4.69) is 25.9 Å². The summed E-state index contributed by atoms with van der Waals surface area (Å²) in [7, 11) is -1.51. The molecule has 0 saturated heterocycles. The number of nitrogens with zero attached hydrogens (tertiary/aromatic N) is 2. The van der Waals surface area contributed by atoms with Crippen molar-refractivity contribution in [1.82, 2.24) is 9.97 Å². The first kappa shape index (κ1) is 22.3. The van der Waals surface area contributed by atoms with Crippen LogP contribution >= 0.6 is 38.6 Å². The van der Waals surface area contributed by atoms with Gasteiger partial charge < -0.3 is 10.0 Å². The molecule has 0 aliphatic carbocycles. The molecule has 0 radical (unpaired) electrons. The van der Waals surface area contributed by atoms with Crippen LogP contribution in [0.25, 0.3) is 10.6 Å². The molecule has 144 valence electrons. The molecule has 0 fully saturated rings. The molecule has 2 N–H and O–H groups in total. The van der Waals surface area contributed by atoms with E-state index in [1.807, 2.05) is 10.8 Å². The number of halogens is 3. The Morgan fingerprint density at radius 2 is 1.32 bits per heavy atom. The highest BCUT2D eigenvalue weighted by Gasteiger charge is 2.08. The molecule has 4 aromatic rings. The van der Waals surface area contributed by atoms with E-state index in [0.29, 0.717) is 5.46 Å². The summed E-state index contributed by atoms with van der Waals surface area (Å²) in [6, 6.07) is 11.3. The number of thiazole rings is 2. The van der Waals surface area contributed by atoms with Gasteiger partial charge in [-0.2, -0.15) is 0 Å². The van der Waals surface area contributed by atoms with Crippen molar-refractivity contribution in [3.05, 3.63) is 87.2 Å². The number of hydrogen-bond acceptors (Lipinski definition) is 6. The second kappa shape index (κ2) is 11.8. The number of hydrogen-bond donors (Lipinski definition) is 2. The fourth-order valence-corrected chi connectivity index (χ4v) is 3.24. The van der Waals surface area contributed by atoms with Gasteiger partial charge in [0.2, 0.25) is 0 Å². The lowest BCUT2D eigenvalue weighted by Crippen LogP contribution is -2.29. The molecule has 0 aliphatic heterocycles.